The van der Waals surface area contributed by atoms with Gasteiger partial charge < -0.3 is 10.1 Å². The Morgan fingerprint density at radius 1 is 1.08 bits per heavy atom. The Labute approximate surface area is 137 Å². The summed E-state index contributed by atoms with van der Waals surface area (Å²) >= 11 is 0. The molecule has 2 aromatic heterocycles. The highest BCUT2D eigenvalue weighted by Gasteiger charge is 2.07. The van der Waals surface area contributed by atoms with Gasteiger partial charge in [0.15, 0.2) is 5.82 Å². The van der Waals surface area contributed by atoms with Crippen LogP contribution in [0, 0.1) is 13.8 Å². The lowest BCUT2D eigenvalue weighted by atomic mass is 10.3. The Morgan fingerprint density at radius 2 is 1.83 bits per heavy atom. The van der Waals surface area contributed by atoms with Gasteiger partial charge >= 0.3 is 6.61 Å². The lowest BCUT2D eigenvalue weighted by Gasteiger charge is -2.09. The molecule has 0 spiro atoms. The van der Waals surface area contributed by atoms with E-state index in [1.165, 1.54) is 18.5 Å². The number of nitrogens with one attached hydrogen (secondary N) is 1. The van der Waals surface area contributed by atoms with Crippen molar-refractivity contribution >= 4 is 11.5 Å². The first-order valence-electron chi connectivity index (χ1n) is 7.19. The van der Waals surface area contributed by atoms with Crippen molar-refractivity contribution in [2.45, 2.75) is 20.5 Å². The Morgan fingerprint density at radius 3 is 2.46 bits per heavy atom. The van der Waals surface area contributed by atoms with Gasteiger partial charge in [-0.25, -0.2) is 14.6 Å². The summed E-state index contributed by atoms with van der Waals surface area (Å²) in [6, 6.07) is 9.88. The summed E-state index contributed by atoms with van der Waals surface area (Å²) in [6.07, 6.45) is 1.43. The standard InChI is InChI=1S/C16H15F2N5O/c1-10-7-11(2)23(22-10)15-8-14(19-9-20-15)21-12-3-5-13(6-4-12)24-16(17)18/h3-9,16H,1-2H3,(H,19,20,21). The van der Waals surface area contributed by atoms with Crippen LogP contribution in [0.4, 0.5) is 20.3 Å². The third-order valence-electron chi connectivity index (χ3n) is 3.23. The van der Waals surface area contributed by atoms with Crippen molar-refractivity contribution in [3.05, 3.63) is 54.1 Å². The van der Waals surface area contributed by atoms with E-state index in [9.17, 15) is 8.78 Å². The molecule has 0 aliphatic heterocycles. The Balaban J connectivity index is 1.78. The van der Waals surface area contributed by atoms with Crippen molar-refractivity contribution in [1.82, 2.24) is 19.7 Å². The molecule has 0 saturated heterocycles. The van der Waals surface area contributed by atoms with Crippen LogP contribution < -0.4 is 10.1 Å². The minimum Gasteiger partial charge on any atom is -0.435 e. The quantitative estimate of drug-likeness (QED) is 0.773. The Kier molecular flexibility index (Phi) is 4.37. The molecular formula is C16H15F2N5O. The second kappa shape index (κ2) is 6.61. The van der Waals surface area contributed by atoms with Gasteiger partial charge in [0, 0.05) is 17.4 Å². The van der Waals surface area contributed by atoms with Gasteiger partial charge in [0.1, 0.15) is 17.9 Å². The second-order valence-electron chi connectivity index (χ2n) is 5.13. The van der Waals surface area contributed by atoms with Crippen LogP contribution in [0.15, 0.2) is 42.7 Å². The first-order valence-corrected chi connectivity index (χ1v) is 7.19. The number of aromatic nitrogens is 4. The zero-order valence-electron chi connectivity index (χ0n) is 13.1. The van der Waals surface area contributed by atoms with Crippen molar-refractivity contribution < 1.29 is 13.5 Å². The van der Waals surface area contributed by atoms with Gasteiger partial charge in [0.2, 0.25) is 0 Å². The molecule has 24 heavy (non-hydrogen) atoms. The van der Waals surface area contributed by atoms with Gasteiger partial charge in [-0.05, 0) is 44.2 Å². The molecule has 0 aliphatic rings. The van der Waals surface area contributed by atoms with Gasteiger partial charge in [-0.3, -0.25) is 0 Å². The molecule has 2 heterocycles. The van der Waals surface area contributed by atoms with Crippen molar-refractivity contribution in [3.8, 4) is 11.6 Å². The van der Waals surface area contributed by atoms with Crippen LogP contribution in [0.5, 0.6) is 5.75 Å². The predicted octanol–water partition coefficient (Wildman–Crippen LogP) is 3.62. The van der Waals surface area contributed by atoms with E-state index < -0.39 is 6.61 Å². The maximum absolute atomic E-state index is 12.1. The molecule has 8 heteroatoms. The van der Waals surface area contributed by atoms with Crippen LogP contribution >= 0.6 is 0 Å². The summed E-state index contributed by atoms with van der Waals surface area (Å²) in [5, 5.41) is 7.46. The van der Waals surface area contributed by atoms with Gasteiger partial charge in [-0.2, -0.15) is 13.9 Å². The molecule has 1 N–H and O–H groups in total. The number of nitrogens with zero attached hydrogens (tertiary/aromatic N) is 4. The van der Waals surface area contributed by atoms with E-state index >= 15 is 0 Å². The minimum atomic E-state index is -2.84. The molecule has 0 amide bonds. The largest absolute Gasteiger partial charge is 0.435 e. The van der Waals surface area contributed by atoms with Crippen LogP contribution in [0.25, 0.3) is 5.82 Å². The van der Waals surface area contributed by atoms with Gasteiger partial charge in [0.05, 0.1) is 5.69 Å². The average Bonchev–Trinajstić information content (AvgIpc) is 2.88. The number of ether oxygens (including phenoxy) is 1. The highest BCUT2D eigenvalue weighted by molar-refractivity contribution is 5.58. The second-order valence-corrected chi connectivity index (χ2v) is 5.13. The number of benzene rings is 1. The smallest absolute Gasteiger partial charge is 0.387 e. The zero-order chi connectivity index (χ0) is 17.1. The van der Waals surface area contributed by atoms with Crippen LogP contribution in [0.1, 0.15) is 11.4 Å². The third kappa shape index (κ3) is 3.65. The Hall–Kier alpha value is -3.03. The number of halogens is 2. The summed E-state index contributed by atoms with van der Waals surface area (Å²) in [4.78, 5) is 8.37. The molecule has 0 unspecified atom stereocenters. The molecule has 0 radical (unpaired) electrons. The van der Waals surface area contributed by atoms with E-state index in [4.69, 9.17) is 0 Å². The summed E-state index contributed by atoms with van der Waals surface area (Å²) in [5.41, 5.74) is 2.55. The van der Waals surface area contributed by atoms with E-state index in [-0.39, 0.29) is 5.75 Å². The zero-order valence-corrected chi connectivity index (χ0v) is 13.1. The van der Waals surface area contributed by atoms with Crippen molar-refractivity contribution in [3.63, 3.8) is 0 Å². The number of alkyl halides is 2. The van der Waals surface area contributed by atoms with Gasteiger partial charge in [-0.15, -0.1) is 0 Å². The normalized spacial score (nSPS) is 10.9. The summed E-state index contributed by atoms with van der Waals surface area (Å²) < 4.78 is 30.3. The number of rotatable bonds is 5. The van der Waals surface area contributed by atoms with Crippen LogP contribution in [0.2, 0.25) is 0 Å². The molecule has 0 atom stereocenters. The van der Waals surface area contributed by atoms with Crippen LogP contribution in [0.3, 0.4) is 0 Å². The highest BCUT2D eigenvalue weighted by atomic mass is 19.3. The lowest BCUT2D eigenvalue weighted by Crippen LogP contribution is -2.04. The van der Waals surface area contributed by atoms with Crippen LogP contribution in [-0.4, -0.2) is 26.4 Å². The maximum atomic E-state index is 12.1. The Bertz CT molecular complexity index is 833. The highest BCUT2D eigenvalue weighted by Crippen LogP contribution is 2.21. The fourth-order valence-electron chi connectivity index (χ4n) is 2.26. The van der Waals surface area contributed by atoms with Crippen molar-refractivity contribution in [2.24, 2.45) is 0 Å². The lowest BCUT2D eigenvalue weighted by molar-refractivity contribution is -0.0498. The number of hydrogen-bond donors (Lipinski definition) is 1. The molecular weight excluding hydrogens is 316 g/mol. The number of aryl methyl sites for hydroxylation is 2. The molecule has 0 bridgehead atoms. The van der Waals surface area contributed by atoms with Crippen LogP contribution in [-0.2, 0) is 0 Å². The fraction of sp³-hybridized carbons (Fsp3) is 0.188. The molecule has 0 aliphatic carbocycles. The molecule has 3 aromatic rings. The van der Waals surface area contributed by atoms with E-state index in [0.29, 0.717) is 17.3 Å². The molecule has 6 nitrogen and oxygen atoms in total. The first-order chi connectivity index (χ1) is 11.5. The topological polar surface area (TPSA) is 64.9 Å². The van der Waals surface area contributed by atoms with Gasteiger partial charge in [-0.1, -0.05) is 0 Å². The monoisotopic (exact) mass is 331 g/mol. The van der Waals surface area contributed by atoms with E-state index in [1.807, 2.05) is 19.9 Å². The molecule has 1 aromatic carbocycles. The SMILES string of the molecule is Cc1cc(C)n(-c2cc(Nc3ccc(OC(F)F)cc3)ncn2)n1. The van der Waals surface area contributed by atoms with Crippen molar-refractivity contribution in [1.29, 1.82) is 0 Å². The predicted molar refractivity (Wildman–Crippen MR) is 85.0 cm³/mol. The van der Waals surface area contributed by atoms with E-state index in [2.05, 4.69) is 25.1 Å². The van der Waals surface area contributed by atoms with E-state index in [1.54, 1.807) is 22.9 Å². The summed E-state index contributed by atoms with van der Waals surface area (Å²) in [6.45, 7) is 1.01. The molecule has 0 saturated carbocycles. The molecule has 124 valence electrons. The summed E-state index contributed by atoms with van der Waals surface area (Å²) in [7, 11) is 0. The summed E-state index contributed by atoms with van der Waals surface area (Å²) in [5.74, 6) is 1.30. The third-order valence-corrected chi connectivity index (χ3v) is 3.23. The van der Waals surface area contributed by atoms with Gasteiger partial charge in [0.25, 0.3) is 0 Å². The maximum Gasteiger partial charge on any atom is 0.387 e. The van der Waals surface area contributed by atoms with Crippen molar-refractivity contribution in [2.75, 3.05) is 5.32 Å². The number of hydrogen-bond acceptors (Lipinski definition) is 5. The van der Waals surface area contributed by atoms with E-state index in [0.717, 1.165) is 11.4 Å². The average molecular weight is 331 g/mol. The molecule has 0 fully saturated rings. The number of anilines is 2. The fourth-order valence-corrected chi connectivity index (χ4v) is 2.26. The first kappa shape index (κ1) is 15.9. The minimum absolute atomic E-state index is 0.0987. The molecule has 3 rings (SSSR count).